The van der Waals surface area contributed by atoms with Crippen LogP contribution in [0.5, 0.6) is 0 Å². The standard InChI is InChI=1S/C22H35N3O2/c1-22(2,3)27-21(26)25-15-14-23-16-20(25)17-10-12-19(13-11-17)24(4)18-8-6-5-7-9-18/h10-13,18,20,23H,5-9,14-16H2,1-4H3. The lowest BCUT2D eigenvalue weighted by molar-refractivity contribution is 0.0118. The quantitative estimate of drug-likeness (QED) is 0.856. The zero-order chi connectivity index (χ0) is 19.4. The predicted octanol–water partition coefficient (Wildman–Crippen LogP) is 4.34. The van der Waals surface area contributed by atoms with Crippen LogP contribution in [0.3, 0.4) is 0 Å². The van der Waals surface area contributed by atoms with Gasteiger partial charge in [0.2, 0.25) is 0 Å². The molecule has 0 radical (unpaired) electrons. The summed E-state index contributed by atoms with van der Waals surface area (Å²) < 4.78 is 5.62. The van der Waals surface area contributed by atoms with Gasteiger partial charge in [0.1, 0.15) is 5.60 Å². The number of carbonyl (C=O) groups is 1. The maximum Gasteiger partial charge on any atom is 0.410 e. The Labute approximate surface area is 164 Å². The first-order valence-corrected chi connectivity index (χ1v) is 10.4. The normalized spacial score (nSPS) is 21.8. The molecule has 150 valence electrons. The van der Waals surface area contributed by atoms with E-state index in [1.807, 2.05) is 25.7 Å². The molecule has 0 bridgehead atoms. The van der Waals surface area contributed by atoms with Crippen LogP contribution in [0.4, 0.5) is 10.5 Å². The lowest BCUT2D eigenvalue weighted by Crippen LogP contribution is -2.50. The first-order valence-electron chi connectivity index (χ1n) is 10.4. The summed E-state index contributed by atoms with van der Waals surface area (Å²) in [6.07, 6.45) is 6.40. The molecule has 5 heteroatoms. The van der Waals surface area contributed by atoms with Gasteiger partial charge in [-0.2, -0.15) is 0 Å². The molecule has 1 aliphatic carbocycles. The van der Waals surface area contributed by atoms with Gasteiger partial charge in [0, 0.05) is 38.4 Å². The predicted molar refractivity (Wildman–Crippen MR) is 110 cm³/mol. The highest BCUT2D eigenvalue weighted by Crippen LogP contribution is 2.29. The second kappa shape index (κ2) is 8.51. The zero-order valence-corrected chi connectivity index (χ0v) is 17.3. The van der Waals surface area contributed by atoms with E-state index in [1.165, 1.54) is 37.8 Å². The number of nitrogens with one attached hydrogen (secondary N) is 1. The van der Waals surface area contributed by atoms with E-state index >= 15 is 0 Å². The molecule has 3 rings (SSSR count). The summed E-state index contributed by atoms with van der Waals surface area (Å²) in [5.74, 6) is 0. The molecule has 1 aromatic carbocycles. The molecular formula is C22H35N3O2. The number of anilines is 1. The summed E-state index contributed by atoms with van der Waals surface area (Å²) in [7, 11) is 2.21. The van der Waals surface area contributed by atoms with Gasteiger partial charge in [-0.25, -0.2) is 4.79 Å². The molecule has 0 aromatic heterocycles. The van der Waals surface area contributed by atoms with Crippen molar-refractivity contribution >= 4 is 11.8 Å². The second-order valence-corrected chi connectivity index (χ2v) is 8.89. The summed E-state index contributed by atoms with van der Waals surface area (Å²) in [5, 5.41) is 3.41. The lowest BCUT2D eigenvalue weighted by atomic mass is 9.94. The van der Waals surface area contributed by atoms with Crippen molar-refractivity contribution in [1.29, 1.82) is 0 Å². The van der Waals surface area contributed by atoms with E-state index in [1.54, 1.807) is 0 Å². The number of piperazine rings is 1. The van der Waals surface area contributed by atoms with Crippen LogP contribution in [0.15, 0.2) is 24.3 Å². The third-order valence-corrected chi connectivity index (χ3v) is 5.68. The third-order valence-electron chi connectivity index (χ3n) is 5.68. The number of rotatable bonds is 3. The van der Waals surface area contributed by atoms with Crippen LogP contribution < -0.4 is 10.2 Å². The number of ether oxygens (including phenoxy) is 1. The molecule has 1 saturated carbocycles. The van der Waals surface area contributed by atoms with E-state index in [9.17, 15) is 4.79 Å². The number of hydrogen-bond donors (Lipinski definition) is 1. The number of benzene rings is 1. The first kappa shape index (κ1) is 20.0. The van der Waals surface area contributed by atoms with Crippen LogP contribution in [-0.4, -0.2) is 49.3 Å². The molecule has 1 aromatic rings. The number of carbonyl (C=O) groups excluding carboxylic acids is 1. The second-order valence-electron chi connectivity index (χ2n) is 8.89. The van der Waals surface area contributed by atoms with Gasteiger partial charge in [0.15, 0.2) is 0 Å². The number of nitrogens with zero attached hydrogens (tertiary/aromatic N) is 2. The van der Waals surface area contributed by atoms with Crippen LogP contribution in [-0.2, 0) is 4.74 Å². The Morgan fingerprint density at radius 1 is 1.15 bits per heavy atom. The SMILES string of the molecule is CN(c1ccc(C2CNCCN2C(=O)OC(C)(C)C)cc1)C1CCCCC1. The molecule has 5 nitrogen and oxygen atoms in total. The van der Waals surface area contributed by atoms with Crippen LogP contribution in [0.25, 0.3) is 0 Å². The highest BCUT2D eigenvalue weighted by molar-refractivity contribution is 5.69. The molecule has 1 atom stereocenters. The molecule has 1 unspecified atom stereocenters. The minimum atomic E-state index is -0.473. The van der Waals surface area contributed by atoms with Gasteiger partial charge in [-0.15, -0.1) is 0 Å². The first-order chi connectivity index (χ1) is 12.8. The van der Waals surface area contributed by atoms with E-state index in [0.717, 1.165) is 18.7 Å². The Bertz CT molecular complexity index is 617. The van der Waals surface area contributed by atoms with E-state index < -0.39 is 5.60 Å². The Balaban J connectivity index is 1.71. The van der Waals surface area contributed by atoms with E-state index in [0.29, 0.717) is 12.6 Å². The van der Waals surface area contributed by atoms with Gasteiger partial charge in [0.25, 0.3) is 0 Å². The third kappa shape index (κ3) is 5.16. The molecule has 1 N–H and O–H groups in total. The van der Waals surface area contributed by atoms with Crippen molar-refractivity contribution in [3.8, 4) is 0 Å². The van der Waals surface area contributed by atoms with Gasteiger partial charge in [-0.05, 0) is 51.3 Å². The Kier molecular flexibility index (Phi) is 6.30. The van der Waals surface area contributed by atoms with Crippen LogP contribution >= 0.6 is 0 Å². The number of hydrogen-bond acceptors (Lipinski definition) is 4. The molecule has 1 aliphatic heterocycles. The van der Waals surface area contributed by atoms with Crippen LogP contribution in [0, 0.1) is 0 Å². The number of amides is 1. The van der Waals surface area contributed by atoms with Crippen molar-refractivity contribution < 1.29 is 9.53 Å². The molecule has 1 amide bonds. The Morgan fingerprint density at radius 3 is 2.44 bits per heavy atom. The molecule has 2 fully saturated rings. The topological polar surface area (TPSA) is 44.8 Å². The van der Waals surface area contributed by atoms with Gasteiger partial charge < -0.3 is 15.0 Å². The summed E-state index contributed by atoms with van der Waals surface area (Å²) in [4.78, 5) is 16.9. The van der Waals surface area contributed by atoms with Crippen molar-refractivity contribution in [2.75, 3.05) is 31.6 Å². The van der Waals surface area contributed by atoms with Crippen molar-refractivity contribution in [1.82, 2.24) is 10.2 Å². The van der Waals surface area contributed by atoms with E-state index in [2.05, 4.69) is 41.5 Å². The fourth-order valence-electron chi connectivity index (χ4n) is 4.15. The van der Waals surface area contributed by atoms with Crippen LogP contribution in [0.2, 0.25) is 0 Å². The summed E-state index contributed by atoms with van der Waals surface area (Å²) >= 11 is 0. The fourth-order valence-corrected chi connectivity index (χ4v) is 4.15. The monoisotopic (exact) mass is 373 g/mol. The Morgan fingerprint density at radius 2 is 1.81 bits per heavy atom. The van der Waals surface area contributed by atoms with E-state index in [4.69, 9.17) is 4.74 Å². The average molecular weight is 374 g/mol. The molecule has 1 saturated heterocycles. The highest BCUT2D eigenvalue weighted by atomic mass is 16.6. The summed E-state index contributed by atoms with van der Waals surface area (Å²) in [5.41, 5.74) is 1.95. The van der Waals surface area contributed by atoms with Gasteiger partial charge in [-0.1, -0.05) is 31.4 Å². The molecular weight excluding hydrogens is 338 g/mol. The van der Waals surface area contributed by atoms with Gasteiger partial charge in [-0.3, -0.25) is 4.90 Å². The highest BCUT2D eigenvalue weighted by Gasteiger charge is 2.31. The van der Waals surface area contributed by atoms with Gasteiger partial charge in [0.05, 0.1) is 6.04 Å². The summed E-state index contributed by atoms with van der Waals surface area (Å²) in [6.45, 7) is 7.98. The van der Waals surface area contributed by atoms with Crippen molar-refractivity contribution in [3.63, 3.8) is 0 Å². The average Bonchev–Trinajstić information content (AvgIpc) is 2.67. The minimum absolute atomic E-state index is 0.0163. The van der Waals surface area contributed by atoms with Crippen LogP contribution in [0.1, 0.15) is 64.5 Å². The molecule has 0 spiro atoms. The van der Waals surface area contributed by atoms with Crippen molar-refractivity contribution in [2.24, 2.45) is 0 Å². The Hall–Kier alpha value is -1.75. The smallest absolute Gasteiger partial charge is 0.410 e. The molecule has 27 heavy (non-hydrogen) atoms. The maximum absolute atomic E-state index is 12.6. The molecule has 1 heterocycles. The lowest BCUT2D eigenvalue weighted by Gasteiger charge is -2.37. The molecule has 2 aliphatic rings. The van der Waals surface area contributed by atoms with Crippen molar-refractivity contribution in [3.05, 3.63) is 29.8 Å². The zero-order valence-electron chi connectivity index (χ0n) is 17.3. The maximum atomic E-state index is 12.6. The summed E-state index contributed by atoms with van der Waals surface area (Å²) in [6, 6.07) is 9.41. The van der Waals surface area contributed by atoms with Crippen molar-refractivity contribution in [2.45, 2.75) is 70.6 Å². The minimum Gasteiger partial charge on any atom is -0.444 e. The fraction of sp³-hybridized carbons (Fsp3) is 0.682. The largest absolute Gasteiger partial charge is 0.444 e. The van der Waals surface area contributed by atoms with E-state index in [-0.39, 0.29) is 12.1 Å². The van der Waals surface area contributed by atoms with Gasteiger partial charge >= 0.3 is 6.09 Å².